The van der Waals surface area contributed by atoms with Crippen molar-refractivity contribution >= 4 is 50.1 Å². The molecule has 5 nitrogen and oxygen atoms in total. The molecule has 1 aliphatic heterocycles. The van der Waals surface area contributed by atoms with Crippen molar-refractivity contribution in [3.05, 3.63) is 89.5 Å². The molecule has 3 aromatic carbocycles. The summed E-state index contributed by atoms with van der Waals surface area (Å²) in [7, 11) is 0. The van der Waals surface area contributed by atoms with Crippen LogP contribution < -0.4 is 4.90 Å². The van der Waals surface area contributed by atoms with E-state index in [1.807, 2.05) is 23.1 Å². The van der Waals surface area contributed by atoms with E-state index in [0.29, 0.717) is 29.8 Å². The van der Waals surface area contributed by atoms with Crippen LogP contribution in [0.4, 0.5) is 5.13 Å². The van der Waals surface area contributed by atoms with Gasteiger partial charge in [-0.15, -0.1) is 11.8 Å². The van der Waals surface area contributed by atoms with Gasteiger partial charge in [-0.2, -0.15) is 0 Å². The lowest BCUT2D eigenvalue weighted by molar-refractivity contribution is 0.0746. The highest BCUT2D eigenvalue weighted by molar-refractivity contribution is 7.98. The molecule has 7 heteroatoms. The molecular weight excluding hydrogens is 450 g/mol. The molecule has 1 aromatic heterocycles. The first-order valence-electron chi connectivity index (χ1n) is 10.8. The number of thioether (sulfide) groups is 1. The second kappa shape index (κ2) is 9.37. The van der Waals surface area contributed by atoms with Crippen LogP contribution in [0.5, 0.6) is 0 Å². The fraction of sp³-hybridized carbons (Fsp3) is 0.192. The van der Waals surface area contributed by atoms with Gasteiger partial charge in [-0.05, 0) is 36.6 Å². The fourth-order valence-electron chi connectivity index (χ4n) is 3.96. The number of rotatable bonds is 5. The Morgan fingerprint density at radius 3 is 2.21 bits per heavy atom. The predicted octanol–water partition coefficient (Wildman–Crippen LogP) is 5.21. The van der Waals surface area contributed by atoms with E-state index in [1.54, 1.807) is 59.5 Å². The first-order valence-corrected chi connectivity index (χ1v) is 12.8. The zero-order valence-electron chi connectivity index (χ0n) is 18.2. The van der Waals surface area contributed by atoms with E-state index in [2.05, 4.69) is 29.4 Å². The SMILES string of the molecule is CSc1ccc2nc(N3CCN(C(=O)c4ccc(C(=O)c5ccccc5)cc4)CC3)sc2c1. The maximum Gasteiger partial charge on any atom is 0.253 e. The summed E-state index contributed by atoms with van der Waals surface area (Å²) in [5.41, 5.74) is 2.87. The van der Waals surface area contributed by atoms with E-state index in [9.17, 15) is 9.59 Å². The Hall–Kier alpha value is -3.16. The average Bonchev–Trinajstić information content (AvgIpc) is 3.32. The van der Waals surface area contributed by atoms with Crippen LogP contribution in [-0.2, 0) is 0 Å². The Labute approximate surface area is 201 Å². The molecule has 1 saturated heterocycles. The number of anilines is 1. The molecule has 5 rings (SSSR count). The van der Waals surface area contributed by atoms with E-state index < -0.39 is 0 Å². The molecule has 33 heavy (non-hydrogen) atoms. The molecule has 2 heterocycles. The van der Waals surface area contributed by atoms with Gasteiger partial charge in [0.05, 0.1) is 10.2 Å². The minimum absolute atomic E-state index is 0.00210. The van der Waals surface area contributed by atoms with Crippen LogP contribution in [-0.4, -0.2) is 54.0 Å². The highest BCUT2D eigenvalue weighted by Gasteiger charge is 2.24. The summed E-state index contributed by atoms with van der Waals surface area (Å²) in [5, 5.41) is 1.01. The van der Waals surface area contributed by atoms with Crippen LogP contribution in [0.15, 0.2) is 77.7 Å². The Balaban J connectivity index is 1.23. The number of amides is 1. The van der Waals surface area contributed by atoms with Crippen molar-refractivity contribution in [2.45, 2.75) is 4.90 Å². The number of ketones is 1. The number of hydrogen-bond donors (Lipinski definition) is 0. The van der Waals surface area contributed by atoms with Crippen molar-refractivity contribution in [2.24, 2.45) is 0 Å². The second-order valence-corrected chi connectivity index (χ2v) is 9.77. The maximum absolute atomic E-state index is 13.0. The third-order valence-corrected chi connectivity index (χ3v) is 7.66. The second-order valence-electron chi connectivity index (χ2n) is 7.88. The summed E-state index contributed by atoms with van der Waals surface area (Å²) in [6, 6.07) is 22.5. The lowest BCUT2D eigenvalue weighted by Crippen LogP contribution is -2.48. The zero-order chi connectivity index (χ0) is 22.8. The smallest absolute Gasteiger partial charge is 0.253 e. The van der Waals surface area contributed by atoms with Gasteiger partial charge < -0.3 is 9.80 Å². The molecule has 1 fully saturated rings. The Morgan fingerprint density at radius 2 is 1.52 bits per heavy atom. The average molecular weight is 474 g/mol. The Kier molecular flexibility index (Phi) is 6.15. The molecular formula is C26H23N3O2S2. The Morgan fingerprint density at radius 1 is 0.848 bits per heavy atom. The number of hydrogen-bond acceptors (Lipinski definition) is 6. The maximum atomic E-state index is 13.0. The molecule has 1 aliphatic rings. The lowest BCUT2D eigenvalue weighted by atomic mass is 10.0. The summed E-state index contributed by atoms with van der Waals surface area (Å²) >= 11 is 3.44. The number of benzene rings is 3. The van der Waals surface area contributed by atoms with Crippen LogP contribution in [0.25, 0.3) is 10.2 Å². The predicted molar refractivity (Wildman–Crippen MR) is 136 cm³/mol. The van der Waals surface area contributed by atoms with Gasteiger partial charge in [-0.25, -0.2) is 4.98 Å². The van der Waals surface area contributed by atoms with Crippen molar-refractivity contribution in [2.75, 3.05) is 37.3 Å². The monoisotopic (exact) mass is 473 g/mol. The largest absolute Gasteiger partial charge is 0.345 e. The number of nitrogens with zero attached hydrogens (tertiary/aromatic N) is 3. The Bertz CT molecular complexity index is 1290. The fourth-order valence-corrected chi connectivity index (χ4v) is 5.53. The van der Waals surface area contributed by atoms with Crippen molar-refractivity contribution in [3.63, 3.8) is 0 Å². The van der Waals surface area contributed by atoms with Gasteiger partial charge in [0.25, 0.3) is 5.91 Å². The van der Waals surface area contributed by atoms with E-state index in [4.69, 9.17) is 4.98 Å². The van der Waals surface area contributed by atoms with Gasteiger partial charge in [0.15, 0.2) is 10.9 Å². The van der Waals surface area contributed by atoms with Crippen molar-refractivity contribution in [1.29, 1.82) is 0 Å². The van der Waals surface area contributed by atoms with E-state index >= 15 is 0 Å². The van der Waals surface area contributed by atoms with Crippen LogP contribution in [0.2, 0.25) is 0 Å². The number of carbonyl (C=O) groups excluding carboxylic acids is 2. The molecule has 0 saturated carbocycles. The number of piperazine rings is 1. The topological polar surface area (TPSA) is 53.5 Å². The van der Waals surface area contributed by atoms with E-state index in [1.165, 1.54) is 9.60 Å². The molecule has 0 unspecified atom stereocenters. The van der Waals surface area contributed by atoms with Gasteiger partial charge in [0.2, 0.25) is 0 Å². The van der Waals surface area contributed by atoms with Gasteiger partial charge in [0, 0.05) is 47.8 Å². The van der Waals surface area contributed by atoms with Gasteiger partial charge in [-0.3, -0.25) is 9.59 Å². The van der Waals surface area contributed by atoms with Gasteiger partial charge >= 0.3 is 0 Å². The standard InChI is InChI=1S/C26H23N3O2S2/c1-32-21-11-12-22-23(17-21)33-26(27-22)29-15-13-28(14-16-29)25(31)20-9-7-19(8-10-20)24(30)18-5-3-2-4-6-18/h2-12,17H,13-16H2,1H3. The lowest BCUT2D eigenvalue weighted by Gasteiger charge is -2.34. The normalized spacial score (nSPS) is 14.0. The van der Waals surface area contributed by atoms with E-state index in [0.717, 1.165) is 23.7 Å². The quantitative estimate of drug-likeness (QED) is 0.294. The molecule has 0 atom stereocenters. The number of aromatic nitrogens is 1. The zero-order valence-corrected chi connectivity index (χ0v) is 19.9. The molecule has 0 spiro atoms. The van der Waals surface area contributed by atoms with Crippen LogP contribution in [0, 0.1) is 0 Å². The highest BCUT2D eigenvalue weighted by Crippen LogP contribution is 2.32. The first-order chi connectivity index (χ1) is 16.1. The van der Waals surface area contributed by atoms with Crippen LogP contribution in [0.1, 0.15) is 26.3 Å². The van der Waals surface area contributed by atoms with Crippen molar-refractivity contribution in [1.82, 2.24) is 9.88 Å². The summed E-state index contributed by atoms with van der Waals surface area (Å²) in [6.45, 7) is 2.81. The van der Waals surface area contributed by atoms with Crippen LogP contribution in [0.3, 0.4) is 0 Å². The highest BCUT2D eigenvalue weighted by atomic mass is 32.2. The van der Waals surface area contributed by atoms with E-state index in [-0.39, 0.29) is 11.7 Å². The number of fused-ring (bicyclic) bond motifs is 1. The summed E-state index contributed by atoms with van der Waals surface area (Å²) in [5.74, 6) is -0.0361. The van der Waals surface area contributed by atoms with Crippen molar-refractivity contribution < 1.29 is 9.59 Å². The van der Waals surface area contributed by atoms with Crippen LogP contribution >= 0.6 is 23.1 Å². The number of carbonyl (C=O) groups is 2. The first kappa shape index (κ1) is 21.7. The molecule has 166 valence electrons. The molecule has 0 bridgehead atoms. The summed E-state index contributed by atoms with van der Waals surface area (Å²) in [4.78, 5) is 35.8. The molecule has 0 N–H and O–H groups in total. The third kappa shape index (κ3) is 4.51. The minimum Gasteiger partial charge on any atom is -0.345 e. The minimum atomic E-state index is -0.0382. The molecule has 0 aliphatic carbocycles. The van der Waals surface area contributed by atoms with Gasteiger partial charge in [0.1, 0.15) is 0 Å². The molecule has 1 amide bonds. The van der Waals surface area contributed by atoms with Gasteiger partial charge in [-0.1, -0.05) is 53.8 Å². The van der Waals surface area contributed by atoms with Crippen molar-refractivity contribution in [3.8, 4) is 0 Å². The summed E-state index contributed by atoms with van der Waals surface area (Å²) < 4.78 is 1.19. The molecule has 0 radical (unpaired) electrons. The number of thiazole rings is 1. The summed E-state index contributed by atoms with van der Waals surface area (Å²) in [6.07, 6.45) is 2.08. The third-order valence-electron chi connectivity index (χ3n) is 5.85. The molecule has 4 aromatic rings.